The van der Waals surface area contributed by atoms with Crippen molar-refractivity contribution in [2.24, 2.45) is 0 Å². The molecule has 0 bridgehead atoms. The number of aryl methyl sites for hydroxylation is 1. The van der Waals surface area contributed by atoms with Crippen LogP contribution in [0.3, 0.4) is 0 Å². The summed E-state index contributed by atoms with van der Waals surface area (Å²) >= 11 is 0. The van der Waals surface area contributed by atoms with Crippen LogP contribution in [0.5, 0.6) is 11.5 Å². The molecule has 2 N–H and O–H groups in total. The Hall–Kier alpha value is -1.71. The monoisotopic (exact) mass is 182 g/mol. The molecular weight excluding hydrogens is 172 g/mol. The maximum Gasteiger partial charge on any atom is 0.339 e. The molecule has 0 radical (unpaired) electrons. The van der Waals surface area contributed by atoms with E-state index in [1.165, 1.54) is 13.2 Å². The van der Waals surface area contributed by atoms with E-state index in [0.29, 0.717) is 11.3 Å². The lowest BCUT2D eigenvalue weighted by Gasteiger charge is -2.06. The van der Waals surface area contributed by atoms with E-state index < -0.39 is 5.97 Å². The molecule has 0 aliphatic carbocycles. The minimum Gasteiger partial charge on any atom is -0.507 e. The van der Waals surface area contributed by atoms with Gasteiger partial charge in [-0.3, -0.25) is 0 Å². The van der Waals surface area contributed by atoms with Crippen molar-refractivity contribution in [3.63, 3.8) is 0 Å². The zero-order valence-corrected chi connectivity index (χ0v) is 7.37. The van der Waals surface area contributed by atoms with Gasteiger partial charge in [0.25, 0.3) is 0 Å². The molecule has 0 amide bonds. The Bertz CT molecular complexity index is 344. The Labute approximate surface area is 75.4 Å². The molecular formula is C9H10O4. The fourth-order valence-corrected chi connectivity index (χ4v) is 1.03. The topological polar surface area (TPSA) is 66.8 Å². The molecule has 70 valence electrons. The smallest absolute Gasteiger partial charge is 0.339 e. The van der Waals surface area contributed by atoms with Crippen LogP contribution in [0.25, 0.3) is 0 Å². The Morgan fingerprint density at radius 3 is 2.54 bits per heavy atom. The van der Waals surface area contributed by atoms with Crippen molar-refractivity contribution in [3.8, 4) is 11.5 Å². The van der Waals surface area contributed by atoms with Gasteiger partial charge in [0.15, 0.2) is 0 Å². The summed E-state index contributed by atoms with van der Waals surface area (Å²) in [6.45, 7) is 1.62. The lowest BCUT2D eigenvalue weighted by Crippen LogP contribution is -1.99. The number of ether oxygens (including phenoxy) is 1. The van der Waals surface area contributed by atoms with E-state index in [-0.39, 0.29) is 11.3 Å². The van der Waals surface area contributed by atoms with Crippen molar-refractivity contribution in [2.75, 3.05) is 7.11 Å². The van der Waals surface area contributed by atoms with Gasteiger partial charge in [-0.2, -0.15) is 0 Å². The van der Waals surface area contributed by atoms with Crippen LogP contribution in [0.4, 0.5) is 0 Å². The maximum absolute atomic E-state index is 10.6. The highest BCUT2D eigenvalue weighted by atomic mass is 16.5. The molecule has 0 saturated heterocycles. The Morgan fingerprint density at radius 2 is 2.08 bits per heavy atom. The van der Waals surface area contributed by atoms with Crippen LogP contribution < -0.4 is 4.74 Å². The highest BCUT2D eigenvalue weighted by molar-refractivity contribution is 5.91. The molecule has 0 unspecified atom stereocenters. The predicted octanol–water partition coefficient (Wildman–Crippen LogP) is 1.41. The maximum atomic E-state index is 10.6. The second-order valence-electron chi connectivity index (χ2n) is 2.65. The van der Waals surface area contributed by atoms with Gasteiger partial charge in [-0.15, -0.1) is 0 Å². The van der Waals surface area contributed by atoms with Crippen LogP contribution in [-0.4, -0.2) is 23.3 Å². The van der Waals surface area contributed by atoms with Crippen LogP contribution in [0.1, 0.15) is 15.9 Å². The SMILES string of the molecule is COc1cc(C)c(O)c(C(=O)O)c1. The third-order valence-corrected chi connectivity index (χ3v) is 1.74. The molecule has 1 aromatic rings. The van der Waals surface area contributed by atoms with Crippen LogP contribution in [-0.2, 0) is 0 Å². The van der Waals surface area contributed by atoms with Crippen molar-refractivity contribution in [1.29, 1.82) is 0 Å². The van der Waals surface area contributed by atoms with E-state index >= 15 is 0 Å². The van der Waals surface area contributed by atoms with Gasteiger partial charge in [0.2, 0.25) is 0 Å². The van der Waals surface area contributed by atoms with Crippen molar-refractivity contribution >= 4 is 5.97 Å². The van der Waals surface area contributed by atoms with E-state index in [4.69, 9.17) is 9.84 Å². The summed E-state index contributed by atoms with van der Waals surface area (Å²) in [5.74, 6) is -0.958. The van der Waals surface area contributed by atoms with Crippen molar-refractivity contribution in [2.45, 2.75) is 6.92 Å². The summed E-state index contributed by atoms with van der Waals surface area (Å²) in [6, 6.07) is 2.85. The molecule has 13 heavy (non-hydrogen) atoms. The molecule has 4 nitrogen and oxygen atoms in total. The third kappa shape index (κ3) is 1.72. The molecule has 0 aromatic heterocycles. The number of carboxylic acid groups (broad SMARTS) is 1. The first-order valence-corrected chi connectivity index (χ1v) is 3.67. The van der Waals surface area contributed by atoms with Gasteiger partial charge in [-0.25, -0.2) is 4.79 Å². The minimum atomic E-state index is -1.17. The third-order valence-electron chi connectivity index (χ3n) is 1.74. The summed E-state index contributed by atoms with van der Waals surface area (Å²) in [7, 11) is 1.44. The first kappa shape index (κ1) is 9.38. The molecule has 4 heteroatoms. The fraction of sp³-hybridized carbons (Fsp3) is 0.222. The van der Waals surface area contributed by atoms with Crippen molar-refractivity contribution < 1.29 is 19.7 Å². The predicted molar refractivity (Wildman–Crippen MR) is 46.4 cm³/mol. The van der Waals surface area contributed by atoms with Crippen LogP contribution in [0.15, 0.2) is 12.1 Å². The standard InChI is InChI=1S/C9H10O4/c1-5-3-6(13-2)4-7(8(5)10)9(11)12/h3-4,10H,1-2H3,(H,11,12). The Morgan fingerprint density at radius 1 is 1.46 bits per heavy atom. The number of phenols is 1. The molecule has 0 saturated carbocycles. The minimum absolute atomic E-state index is 0.142. The van der Waals surface area contributed by atoms with E-state index in [2.05, 4.69) is 0 Å². The number of aromatic carboxylic acids is 1. The van der Waals surface area contributed by atoms with Gasteiger partial charge in [0.05, 0.1) is 7.11 Å². The van der Waals surface area contributed by atoms with Crippen LogP contribution >= 0.6 is 0 Å². The average Bonchev–Trinajstić information content (AvgIpc) is 2.09. The van der Waals surface area contributed by atoms with E-state index in [1.807, 2.05) is 0 Å². The lowest BCUT2D eigenvalue weighted by atomic mass is 10.1. The van der Waals surface area contributed by atoms with E-state index in [0.717, 1.165) is 0 Å². The van der Waals surface area contributed by atoms with Crippen molar-refractivity contribution in [1.82, 2.24) is 0 Å². The van der Waals surface area contributed by atoms with Gasteiger partial charge >= 0.3 is 5.97 Å². The highest BCUT2D eigenvalue weighted by Gasteiger charge is 2.13. The van der Waals surface area contributed by atoms with Gasteiger partial charge in [0, 0.05) is 0 Å². The molecule has 0 heterocycles. The van der Waals surface area contributed by atoms with Gasteiger partial charge in [0.1, 0.15) is 17.1 Å². The summed E-state index contributed by atoms with van der Waals surface area (Å²) in [5.41, 5.74) is 0.341. The molecule has 0 aliphatic rings. The van der Waals surface area contributed by atoms with Gasteiger partial charge in [-0.1, -0.05) is 0 Å². The Kier molecular flexibility index (Phi) is 2.41. The molecule has 0 spiro atoms. The zero-order valence-electron chi connectivity index (χ0n) is 7.37. The van der Waals surface area contributed by atoms with Crippen LogP contribution in [0.2, 0.25) is 0 Å². The van der Waals surface area contributed by atoms with Crippen LogP contribution in [0, 0.1) is 6.92 Å². The van der Waals surface area contributed by atoms with Gasteiger partial charge in [-0.05, 0) is 24.6 Å². The fourth-order valence-electron chi connectivity index (χ4n) is 1.03. The molecule has 1 rings (SSSR count). The summed E-state index contributed by atoms with van der Waals surface area (Å²) < 4.78 is 4.87. The Balaban J connectivity index is 3.33. The normalized spacial score (nSPS) is 9.69. The molecule has 0 fully saturated rings. The summed E-state index contributed by atoms with van der Waals surface area (Å²) in [6.07, 6.45) is 0. The molecule has 0 aliphatic heterocycles. The van der Waals surface area contributed by atoms with Crippen molar-refractivity contribution in [3.05, 3.63) is 23.3 Å². The molecule has 1 aromatic carbocycles. The summed E-state index contributed by atoms with van der Waals surface area (Å²) in [5, 5.41) is 18.0. The van der Waals surface area contributed by atoms with E-state index in [1.54, 1.807) is 13.0 Å². The lowest BCUT2D eigenvalue weighted by molar-refractivity contribution is 0.0693. The number of rotatable bonds is 2. The summed E-state index contributed by atoms with van der Waals surface area (Å²) in [4.78, 5) is 10.6. The number of methoxy groups -OCH3 is 1. The number of aromatic hydroxyl groups is 1. The molecule has 0 atom stereocenters. The largest absolute Gasteiger partial charge is 0.507 e. The van der Waals surface area contributed by atoms with Gasteiger partial charge < -0.3 is 14.9 Å². The quantitative estimate of drug-likeness (QED) is 0.725. The average molecular weight is 182 g/mol. The number of hydrogen-bond acceptors (Lipinski definition) is 3. The second-order valence-corrected chi connectivity index (χ2v) is 2.65. The number of carbonyl (C=O) groups is 1. The first-order chi connectivity index (χ1) is 6.06. The van der Waals surface area contributed by atoms with E-state index in [9.17, 15) is 9.90 Å². The number of hydrogen-bond donors (Lipinski definition) is 2. The highest BCUT2D eigenvalue weighted by Crippen LogP contribution is 2.27. The zero-order chi connectivity index (χ0) is 10.0. The number of benzene rings is 1. The first-order valence-electron chi connectivity index (χ1n) is 3.67. The second kappa shape index (κ2) is 3.35. The number of carboxylic acids is 1.